The number of rotatable bonds is 4. The molecule has 1 aliphatic heterocycles. The SMILES string of the molecule is Cc1cc(C)[c]([Sb]2([c]3c(C)cc(C)cc3C)=[Sb]([c]3c(C)cc(C)cc3C)([c]3c(C)cc(C)cc3C)[CH]=CC=[CH]2)c(C)c1. The van der Waals surface area contributed by atoms with Crippen molar-refractivity contribution >= 4 is 42.1 Å². The number of benzene rings is 4. The van der Waals surface area contributed by atoms with E-state index in [1.807, 2.05) is 0 Å². The molecule has 0 unspecified atom stereocenters. The first kappa shape index (κ1) is 31.4. The fourth-order valence-corrected chi connectivity index (χ4v) is 91.4. The molecule has 4 aromatic rings. The van der Waals surface area contributed by atoms with E-state index in [1.54, 1.807) is 14.0 Å². The molecular formula is C40H48Sb2. The molecule has 0 amide bonds. The Morgan fingerprint density at radius 2 is 0.452 bits per heavy atom. The number of hydrogen-bond acceptors (Lipinski definition) is 0. The average molecular weight is 772 g/mol. The Hall–Kier alpha value is -2.00. The van der Waals surface area contributed by atoms with Crippen LogP contribution in [0.3, 0.4) is 0 Å². The summed E-state index contributed by atoms with van der Waals surface area (Å²) in [6.07, 6.45) is 4.90. The van der Waals surface area contributed by atoms with E-state index in [2.05, 4.69) is 152 Å². The molecule has 0 bridgehead atoms. The van der Waals surface area contributed by atoms with Crippen LogP contribution in [0.1, 0.15) is 66.8 Å². The third-order valence-corrected chi connectivity index (χ3v) is 70.7. The maximum absolute atomic E-state index is 3.69. The molecule has 0 radical (unpaired) electrons. The summed E-state index contributed by atoms with van der Waals surface area (Å²) in [5, 5.41) is 0. The Bertz CT molecular complexity index is 1550. The second-order valence-corrected chi connectivity index (χ2v) is 51.8. The van der Waals surface area contributed by atoms with Gasteiger partial charge in [-0.25, -0.2) is 0 Å². The molecule has 42 heavy (non-hydrogen) atoms. The molecule has 0 aromatic heterocycles. The van der Waals surface area contributed by atoms with Crippen molar-refractivity contribution in [3.05, 3.63) is 135 Å². The third kappa shape index (κ3) is 4.81. The molecule has 4 aromatic carbocycles. The summed E-state index contributed by atoms with van der Waals surface area (Å²) in [5.74, 6) is 0. The van der Waals surface area contributed by atoms with Crippen LogP contribution in [0.15, 0.2) is 68.7 Å². The van der Waals surface area contributed by atoms with Gasteiger partial charge in [0.25, 0.3) is 0 Å². The van der Waals surface area contributed by atoms with E-state index in [0.717, 1.165) is 0 Å². The van der Waals surface area contributed by atoms with E-state index < -0.39 is 28.1 Å². The summed E-state index contributed by atoms with van der Waals surface area (Å²) < 4.78 is 12.5. The van der Waals surface area contributed by atoms with Crippen molar-refractivity contribution in [2.45, 2.75) is 83.1 Å². The van der Waals surface area contributed by atoms with Crippen LogP contribution in [0, 0.1) is 83.1 Å². The van der Waals surface area contributed by atoms with E-state index in [-0.39, 0.29) is 0 Å². The standard InChI is InChI=1S/4C9H11.C4H4.2Sb/c4*1-7-4-8(2)6-9(3)5-7;1-3-4-2;;/h4*4-5H,1-3H3;1-4H;;. The molecule has 0 spiro atoms. The van der Waals surface area contributed by atoms with E-state index in [9.17, 15) is 0 Å². The summed E-state index contributed by atoms with van der Waals surface area (Å²) in [7, 11) is 0. The fourth-order valence-electron chi connectivity index (χ4n) is 8.55. The molecular weight excluding hydrogens is 724 g/mol. The van der Waals surface area contributed by atoms with Crippen molar-refractivity contribution in [2.75, 3.05) is 0 Å². The molecule has 5 rings (SSSR count). The molecule has 1 heterocycles. The van der Waals surface area contributed by atoms with Crippen LogP contribution in [-0.4, -0.2) is 28.1 Å². The predicted octanol–water partition coefficient (Wildman–Crippen LogP) is 7.50. The van der Waals surface area contributed by atoms with Crippen molar-refractivity contribution in [3.8, 4) is 0 Å². The zero-order chi connectivity index (χ0) is 30.7. The van der Waals surface area contributed by atoms with Gasteiger partial charge in [-0.3, -0.25) is 0 Å². The quantitative estimate of drug-likeness (QED) is 0.189. The molecule has 0 atom stereocenters. The molecule has 0 nitrogen and oxygen atoms in total. The summed E-state index contributed by atoms with van der Waals surface area (Å²) in [6, 6.07) is 19.8. The third-order valence-electron chi connectivity index (χ3n) is 9.12. The van der Waals surface area contributed by atoms with Gasteiger partial charge in [-0.15, -0.1) is 0 Å². The summed E-state index contributed by atoms with van der Waals surface area (Å²) in [5.41, 5.74) is 17.4. The summed E-state index contributed by atoms with van der Waals surface area (Å²) >= 11 is -7.38. The predicted molar refractivity (Wildman–Crippen MR) is 191 cm³/mol. The van der Waals surface area contributed by atoms with Crippen LogP contribution < -0.4 is 14.0 Å². The minimum absolute atomic E-state index is 1.37. The Balaban J connectivity index is 2.34. The molecule has 0 saturated heterocycles. The number of aryl methyl sites for hydroxylation is 12. The van der Waals surface area contributed by atoms with E-state index in [0.29, 0.717) is 0 Å². The second kappa shape index (κ2) is 11.5. The average Bonchev–Trinajstić information content (AvgIpc) is 2.83. The molecule has 2 heteroatoms. The molecule has 0 fully saturated rings. The zero-order valence-corrected chi connectivity index (χ0v) is 32.9. The van der Waals surface area contributed by atoms with Crippen LogP contribution in [-0.2, 0) is 0 Å². The van der Waals surface area contributed by atoms with Crippen LogP contribution in [0.4, 0.5) is 0 Å². The first-order chi connectivity index (χ1) is 19.7. The van der Waals surface area contributed by atoms with Crippen LogP contribution in [0.2, 0.25) is 0 Å². The van der Waals surface area contributed by atoms with Gasteiger partial charge in [0.2, 0.25) is 0 Å². The monoisotopic (exact) mass is 770 g/mol. The van der Waals surface area contributed by atoms with Crippen molar-refractivity contribution in [1.82, 2.24) is 0 Å². The summed E-state index contributed by atoms with van der Waals surface area (Å²) in [6.45, 7) is 28.4. The Morgan fingerprint density at radius 3 is 0.619 bits per heavy atom. The van der Waals surface area contributed by atoms with Gasteiger partial charge in [0, 0.05) is 0 Å². The van der Waals surface area contributed by atoms with Crippen LogP contribution in [0.5, 0.6) is 0 Å². The fraction of sp³-hybridized carbons (Fsp3) is 0.300. The Labute approximate surface area is 258 Å². The Kier molecular flexibility index (Phi) is 8.60. The van der Waals surface area contributed by atoms with Crippen molar-refractivity contribution < 1.29 is 0 Å². The van der Waals surface area contributed by atoms with Gasteiger partial charge in [0.15, 0.2) is 0 Å². The molecule has 0 N–H and O–H groups in total. The van der Waals surface area contributed by atoms with Gasteiger partial charge in [0.1, 0.15) is 0 Å². The first-order valence-corrected chi connectivity index (χ1v) is 32.1. The van der Waals surface area contributed by atoms with Crippen LogP contribution in [0.25, 0.3) is 0 Å². The van der Waals surface area contributed by atoms with Gasteiger partial charge in [-0.2, -0.15) is 0 Å². The molecule has 1 aliphatic rings. The van der Waals surface area contributed by atoms with E-state index in [1.165, 1.54) is 66.8 Å². The topological polar surface area (TPSA) is 0 Å². The normalized spacial score (nSPS) is 15.3. The van der Waals surface area contributed by atoms with Crippen molar-refractivity contribution in [1.29, 1.82) is 0 Å². The van der Waals surface area contributed by atoms with Crippen molar-refractivity contribution in [2.24, 2.45) is 0 Å². The molecule has 0 saturated carbocycles. The van der Waals surface area contributed by atoms with Gasteiger partial charge >= 0.3 is 261 Å². The van der Waals surface area contributed by atoms with Gasteiger partial charge in [-0.1, -0.05) is 0 Å². The Morgan fingerprint density at radius 1 is 0.286 bits per heavy atom. The van der Waals surface area contributed by atoms with Gasteiger partial charge in [-0.05, 0) is 0 Å². The van der Waals surface area contributed by atoms with Gasteiger partial charge < -0.3 is 0 Å². The number of hydrogen-bond donors (Lipinski definition) is 0. The van der Waals surface area contributed by atoms with Crippen molar-refractivity contribution in [3.63, 3.8) is 0 Å². The second-order valence-electron chi connectivity index (χ2n) is 13.0. The van der Waals surface area contributed by atoms with Gasteiger partial charge in [0.05, 0.1) is 0 Å². The zero-order valence-electron chi connectivity index (χ0n) is 27.8. The maximum atomic E-state index is 2.84. The first-order valence-electron chi connectivity index (χ1n) is 15.2. The van der Waals surface area contributed by atoms with E-state index in [4.69, 9.17) is 0 Å². The molecule has 0 aliphatic carbocycles. The number of allylic oxidation sites excluding steroid dienone is 2. The minimum atomic E-state index is -3.69. The van der Waals surface area contributed by atoms with E-state index >= 15 is 0 Å². The summed E-state index contributed by atoms with van der Waals surface area (Å²) in [4.78, 5) is 0. The molecule has 218 valence electrons. The van der Waals surface area contributed by atoms with Crippen LogP contribution >= 0.6 is 0 Å².